The first-order valence-corrected chi connectivity index (χ1v) is 9.25. The Labute approximate surface area is 154 Å². The highest BCUT2D eigenvalue weighted by molar-refractivity contribution is 7.13. The molecule has 0 N–H and O–H groups in total. The van der Waals surface area contributed by atoms with Gasteiger partial charge in [-0.25, -0.2) is 0 Å². The van der Waals surface area contributed by atoms with Crippen LogP contribution in [0.1, 0.15) is 11.7 Å². The maximum Gasteiger partial charge on any atom is 0.246 e. The number of rotatable bonds is 5. The molecule has 0 spiro atoms. The number of hydrogen-bond acceptors (Lipinski definition) is 7. The second kappa shape index (κ2) is 7.67. The second-order valence-corrected chi connectivity index (χ2v) is 6.89. The van der Waals surface area contributed by atoms with E-state index in [1.807, 2.05) is 28.5 Å². The van der Waals surface area contributed by atoms with Crippen molar-refractivity contribution in [2.75, 3.05) is 26.2 Å². The molecule has 26 heavy (non-hydrogen) atoms. The van der Waals surface area contributed by atoms with Gasteiger partial charge in [0.1, 0.15) is 5.76 Å². The van der Waals surface area contributed by atoms with Crippen LogP contribution in [-0.4, -0.2) is 52.0 Å². The summed E-state index contributed by atoms with van der Waals surface area (Å²) in [5.74, 6) is 1.91. The molecule has 3 aromatic heterocycles. The molecule has 0 bridgehead atoms. The number of thiophene rings is 1. The average molecular weight is 370 g/mol. The van der Waals surface area contributed by atoms with E-state index in [0.717, 1.165) is 18.0 Å². The summed E-state index contributed by atoms with van der Waals surface area (Å²) in [4.78, 5) is 21.7. The number of carbonyl (C=O) groups excluding carboxylic acids is 1. The first kappa shape index (κ1) is 16.7. The lowest BCUT2D eigenvalue weighted by atomic mass is 10.3. The maximum absolute atomic E-state index is 12.2. The average Bonchev–Trinajstić information content (AvgIpc) is 3.41. The smallest absolute Gasteiger partial charge is 0.246 e. The lowest BCUT2D eigenvalue weighted by Gasteiger charge is -2.33. The molecule has 1 fully saturated rings. The zero-order valence-corrected chi connectivity index (χ0v) is 14.9. The molecule has 1 saturated heterocycles. The number of amides is 1. The van der Waals surface area contributed by atoms with Gasteiger partial charge < -0.3 is 13.8 Å². The second-order valence-electron chi connectivity index (χ2n) is 5.94. The molecule has 3 aromatic rings. The molecule has 0 aliphatic carbocycles. The molecule has 8 heteroatoms. The van der Waals surface area contributed by atoms with Crippen LogP contribution < -0.4 is 0 Å². The predicted octanol–water partition coefficient (Wildman–Crippen LogP) is 2.75. The van der Waals surface area contributed by atoms with Gasteiger partial charge in [-0.1, -0.05) is 11.2 Å². The van der Waals surface area contributed by atoms with E-state index in [4.69, 9.17) is 8.94 Å². The summed E-state index contributed by atoms with van der Waals surface area (Å²) in [6, 6.07) is 7.55. The highest BCUT2D eigenvalue weighted by atomic mass is 32.1. The summed E-state index contributed by atoms with van der Waals surface area (Å²) in [6.45, 7) is 3.50. The van der Waals surface area contributed by atoms with Crippen LogP contribution in [0.5, 0.6) is 0 Å². The van der Waals surface area contributed by atoms with E-state index in [0.29, 0.717) is 37.1 Å². The molecule has 4 rings (SSSR count). The van der Waals surface area contributed by atoms with Gasteiger partial charge in [0.2, 0.25) is 17.6 Å². The van der Waals surface area contributed by atoms with Crippen molar-refractivity contribution >= 4 is 23.3 Å². The highest BCUT2D eigenvalue weighted by Gasteiger charge is 2.21. The van der Waals surface area contributed by atoms with Crippen LogP contribution in [-0.2, 0) is 11.3 Å². The Morgan fingerprint density at radius 2 is 2.12 bits per heavy atom. The summed E-state index contributed by atoms with van der Waals surface area (Å²) in [5, 5.41) is 6.02. The molecular formula is C18H18N4O3S. The number of furan rings is 1. The minimum Gasteiger partial charge on any atom is -0.465 e. The van der Waals surface area contributed by atoms with E-state index >= 15 is 0 Å². The molecule has 1 aliphatic heterocycles. The molecule has 0 aromatic carbocycles. The molecule has 0 saturated carbocycles. The zero-order chi connectivity index (χ0) is 17.8. The molecule has 4 heterocycles. The van der Waals surface area contributed by atoms with Crippen LogP contribution >= 0.6 is 11.3 Å². The lowest BCUT2D eigenvalue weighted by Crippen LogP contribution is -2.47. The number of carbonyl (C=O) groups is 1. The molecule has 0 unspecified atom stereocenters. The fourth-order valence-electron chi connectivity index (χ4n) is 2.79. The molecule has 0 radical (unpaired) electrons. The third kappa shape index (κ3) is 3.92. The summed E-state index contributed by atoms with van der Waals surface area (Å²) in [6.07, 6.45) is 4.84. The number of aromatic nitrogens is 2. The van der Waals surface area contributed by atoms with Gasteiger partial charge in [-0.15, -0.1) is 11.3 Å². The van der Waals surface area contributed by atoms with Crippen molar-refractivity contribution in [3.8, 4) is 10.7 Å². The van der Waals surface area contributed by atoms with Crippen molar-refractivity contribution in [2.24, 2.45) is 0 Å². The normalized spacial score (nSPS) is 15.8. The van der Waals surface area contributed by atoms with Crippen molar-refractivity contribution in [1.82, 2.24) is 19.9 Å². The maximum atomic E-state index is 12.2. The summed E-state index contributed by atoms with van der Waals surface area (Å²) in [5.41, 5.74) is 0. The molecule has 1 aliphatic rings. The summed E-state index contributed by atoms with van der Waals surface area (Å²) < 4.78 is 10.5. The minimum atomic E-state index is -0.00109. The van der Waals surface area contributed by atoms with Crippen LogP contribution in [0.15, 0.2) is 50.9 Å². The van der Waals surface area contributed by atoms with E-state index in [1.54, 1.807) is 35.8 Å². The van der Waals surface area contributed by atoms with Gasteiger partial charge in [0.15, 0.2) is 0 Å². The van der Waals surface area contributed by atoms with Crippen LogP contribution in [0.25, 0.3) is 16.8 Å². The standard InChI is InChI=1S/C18H18N4O3S/c23-17(6-5-14-3-1-11-24-14)22-9-7-21(8-10-22)13-16-19-18(20-25-16)15-4-2-12-26-15/h1-6,11-12H,7-10,13H2/b6-5+. The predicted molar refractivity (Wildman–Crippen MR) is 97.2 cm³/mol. The van der Waals surface area contributed by atoms with Gasteiger partial charge in [0.25, 0.3) is 0 Å². The first-order valence-electron chi connectivity index (χ1n) is 8.37. The van der Waals surface area contributed by atoms with Gasteiger partial charge in [0.05, 0.1) is 17.7 Å². The molecule has 134 valence electrons. The fraction of sp³-hybridized carbons (Fsp3) is 0.278. The lowest BCUT2D eigenvalue weighted by molar-refractivity contribution is -0.127. The van der Waals surface area contributed by atoms with E-state index < -0.39 is 0 Å². The van der Waals surface area contributed by atoms with Crippen LogP contribution in [0.3, 0.4) is 0 Å². The fourth-order valence-corrected chi connectivity index (χ4v) is 3.44. The van der Waals surface area contributed by atoms with Crippen molar-refractivity contribution in [2.45, 2.75) is 6.54 Å². The van der Waals surface area contributed by atoms with Gasteiger partial charge in [-0.2, -0.15) is 4.98 Å². The number of hydrogen-bond donors (Lipinski definition) is 0. The van der Waals surface area contributed by atoms with Gasteiger partial charge >= 0.3 is 0 Å². The quantitative estimate of drug-likeness (QED) is 0.643. The van der Waals surface area contributed by atoms with Crippen molar-refractivity contribution in [3.63, 3.8) is 0 Å². The zero-order valence-electron chi connectivity index (χ0n) is 14.1. The number of nitrogens with zero attached hydrogens (tertiary/aromatic N) is 4. The van der Waals surface area contributed by atoms with Gasteiger partial charge in [0, 0.05) is 32.3 Å². The SMILES string of the molecule is O=C(/C=C/c1ccco1)N1CCN(Cc2nc(-c3cccs3)no2)CC1. The molecular weight excluding hydrogens is 352 g/mol. The Bertz CT molecular complexity index is 862. The third-order valence-electron chi connectivity index (χ3n) is 4.19. The van der Waals surface area contributed by atoms with Gasteiger partial charge in [-0.05, 0) is 29.7 Å². The van der Waals surface area contributed by atoms with Crippen LogP contribution in [0, 0.1) is 0 Å². The van der Waals surface area contributed by atoms with Gasteiger partial charge in [-0.3, -0.25) is 9.69 Å². The first-order chi connectivity index (χ1) is 12.8. The van der Waals surface area contributed by atoms with E-state index in [1.165, 1.54) is 0 Å². The third-order valence-corrected chi connectivity index (χ3v) is 5.05. The molecule has 0 atom stereocenters. The molecule has 7 nitrogen and oxygen atoms in total. The van der Waals surface area contributed by atoms with Crippen molar-refractivity contribution < 1.29 is 13.7 Å². The Hall–Kier alpha value is -2.71. The van der Waals surface area contributed by atoms with E-state index in [-0.39, 0.29) is 5.91 Å². The minimum absolute atomic E-state index is 0.00109. The Kier molecular flexibility index (Phi) is 4.94. The monoisotopic (exact) mass is 370 g/mol. The molecule has 1 amide bonds. The van der Waals surface area contributed by atoms with E-state index in [9.17, 15) is 4.79 Å². The Morgan fingerprint density at radius 1 is 1.23 bits per heavy atom. The van der Waals surface area contributed by atoms with E-state index in [2.05, 4.69) is 15.0 Å². The van der Waals surface area contributed by atoms with Crippen LogP contribution in [0.4, 0.5) is 0 Å². The van der Waals surface area contributed by atoms with Crippen molar-refractivity contribution in [3.05, 3.63) is 53.6 Å². The van der Waals surface area contributed by atoms with Crippen LogP contribution in [0.2, 0.25) is 0 Å². The largest absolute Gasteiger partial charge is 0.465 e. The Balaban J connectivity index is 1.28. The summed E-state index contributed by atoms with van der Waals surface area (Å²) in [7, 11) is 0. The number of piperazine rings is 1. The highest BCUT2D eigenvalue weighted by Crippen LogP contribution is 2.21. The topological polar surface area (TPSA) is 75.6 Å². The Morgan fingerprint density at radius 3 is 2.85 bits per heavy atom. The summed E-state index contributed by atoms with van der Waals surface area (Å²) >= 11 is 1.59. The van der Waals surface area contributed by atoms with Crippen molar-refractivity contribution in [1.29, 1.82) is 0 Å².